The molecule has 132 valence electrons. The lowest BCUT2D eigenvalue weighted by Gasteiger charge is -2.28. The van der Waals surface area contributed by atoms with Gasteiger partial charge in [0.1, 0.15) is 0 Å². The zero-order valence-corrected chi connectivity index (χ0v) is 15.2. The summed E-state index contributed by atoms with van der Waals surface area (Å²) in [5.74, 6) is 3.22. The van der Waals surface area contributed by atoms with Crippen molar-refractivity contribution < 1.29 is 15.4 Å². The molecule has 4 N–H and O–H groups in total. The summed E-state index contributed by atoms with van der Waals surface area (Å²) in [4.78, 5) is 14.4. The van der Waals surface area contributed by atoms with Crippen molar-refractivity contribution in [1.82, 2.24) is 20.1 Å². The van der Waals surface area contributed by atoms with E-state index < -0.39 is 5.97 Å². The van der Waals surface area contributed by atoms with Gasteiger partial charge in [0.25, 0.3) is 0 Å². The Balaban J connectivity index is 2.05. The highest BCUT2D eigenvalue weighted by Crippen LogP contribution is 2.26. The second kappa shape index (κ2) is 7.20. The van der Waals surface area contributed by atoms with Gasteiger partial charge in [-0.2, -0.15) is 5.10 Å². The third-order valence-electron chi connectivity index (χ3n) is 4.24. The lowest BCUT2D eigenvalue weighted by molar-refractivity contribution is -0.420. The maximum atomic E-state index is 12.4. The highest BCUT2D eigenvalue weighted by atomic mass is 32.1. The van der Waals surface area contributed by atoms with Crippen LogP contribution in [0, 0.1) is 6.92 Å². The molecule has 25 heavy (non-hydrogen) atoms. The van der Waals surface area contributed by atoms with Crippen LogP contribution in [-0.4, -0.2) is 38.9 Å². The Bertz CT molecular complexity index is 800. The van der Waals surface area contributed by atoms with Crippen LogP contribution in [0.4, 0.5) is 0 Å². The van der Waals surface area contributed by atoms with Gasteiger partial charge in [0, 0.05) is 25.1 Å². The Hall–Kier alpha value is -2.45. The SMILES string of the molecule is CCOC(=O)c1nn(-c2ccc(C)cc2)c2c1CN(C(=S)N[NH3+])CC2. The molecule has 0 saturated carbocycles. The summed E-state index contributed by atoms with van der Waals surface area (Å²) in [6.07, 6.45) is 0.734. The number of nitrogens with one attached hydrogen (secondary N) is 1. The van der Waals surface area contributed by atoms with Crippen molar-refractivity contribution in [3.05, 3.63) is 46.8 Å². The highest BCUT2D eigenvalue weighted by Gasteiger charge is 2.30. The predicted molar refractivity (Wildman–Crippen MR) is 97.0 cm³/mol. The van der Waals surface area contributed by atoms with Crippen LogP contribution in [0.3, 0.4) is 0 Å². The van der Waals surface area contributed by atoms with Crippen LogP contribution in [0.15, 0.2) is 24.3 Å². The number of aryl methyl sites for hydroxylation is 1. The standard InChI is InChI=1S/C17H21N5O2S/c1-3-24-16(23)15-13-10-21(17(25)19-18)9-8-14(13)22(20-15)12-6-4-11(2)5-7-12/h4-7H,3,8-10,18H2,1-2H3,(H,19,25)/p+1. The predicted octanol–water partition coefficient (Wildman–Crippen LogP) is 0.747. The summed E-state index contributed by atoms with van der Waals surface area (Å²) in [6, 6.07) is 8.08. The quantitative estimate of drug-likeness (QED) is 0.477. The molecule has 3 rings (SSSR count). The molecule has 0 radical (unpaired) electrons. The van der Waals surface area contributed by atoms with E-state index in [1.165, 1.54) is 5.56 Å². The van der Waals surface area contributed by atoms with Gasteiger partial charge in [0.2, 0.25) is 5.11 Å². The number of thiocarbonyl (C=S) groups is 1. The molecule has 0 amide bonds. The number of benzene rings is 1. The van der Waals surface area contributed by atoms with E-state index in [0.717, 1.165) is 29.9 Å². The van der Waals surface area contributed by atoms with Crippen molar-refractivity contribution in [2.75, 3.05) is 13.2 Å². The Morgan fingerprint density at radius 3 is 2.76 bits per heavy atom. The summed E-state index contributed by atoms with van der Waals surface area (Å²) >= 11 is 5.29. The zero-order valence-electron chi connectivity index (χ0n) is 14.4. The second-order valence-corrected chi connectivity index (χ2v) is 6.28. The fourth-order valence-corrected chi connectivity index (χ4v) is 3.12. The van der Waals surface area contributed by atoms with E-state index in [9.17, 15) is 4.79 Å². The number of quaternary nitrogens is 1. The second-order valence-electron chi connectivity index (χ2n) is 5.90. The van der Waals surface area contributed by atoms with Gasteiger partial charge < -0.3 is 9.64 Å². The van der Waals surface area contributed by atoms with Gasteiger partial charge in [0.05, 0.1) is 18.0 Å². The number of hydrogen-bond donors (Lipinski definition) is 2. The van der Waals surface area contributed by atoms with Crippen LogP contribution in [0.2, 0.25) is 0 Å². The summed E-state index contributed by atoms with van der Waals surface area (Å²) in [6.45, 7) is 5.39. The number of fused-ring (bicyclic) bond motifs is 1. The molecule has 7 nitrogen and oxygen atoms in total. The van der Waals surface area contributed by atoms with Crippen molar-refractivity contribution in [3.63, 3.8) is 0 Å². The summed E-state index contributed by atoms with van der Waals surface area (Å²) in [5, 5.41) is 5.12. The monoisotopic (exact) mass is 360 g/mol. The van der Waals surface area contributed by atoms with Gasteiger partial charge >= 0.3 is 5.97 Å². The van der Waals surface area contributed by atoms with Crippen molar-refractivity contribution in [2.45, 2.75) is 26.8 Å². The van der Waals surface area contributed by atoms with Crippen LogP contribution in [0.5, 0.6) is 0 Å². The van der Waals surface area contributed by atoms with Crippen LogP contribution in [0.1, 0.15) is 34.2 Å². The molecule has 1 aliphatic heterocycles. The number of rotatable bonds is 3. The number of hydrogen-bond acceptors (Lipinski definition) is 4. The summed E-state index contributed by atoms with van der Waals surface area (Å²) < 4.78 is 7.04. The number of esters is 1. The van der Waals surface area contributed by atoms with Crippen molar-refractivity contribution in [2.24, 2.45) is 0 Å². The van der Waals surface area contributed by atoms with Crippen LogP contribution in [-0.2, 0) is 17.7 Å². The summed E-state index contributed by atoms with van der Waals surface area (Å²) in [5.41, 5.74) is 7.10. The lowest BCUT2D eigenvalue weighted by Crippen LogP contribution is -2.69. The maximum absolute atomic E-state index is 12.4. The van der Waals surface area contributed by atoms with Crippen LogP contribution in [0.25, 0.3) is 5.69 Å². The first kappa shape index (κ1) is 17.4. The van der Waals surface area contributed by atoms with Gasteiger partial charge in [-0.15, -0.1) is 0 Å². The highest BCUT2D eigenvalue weighted by molar-refractivity contribution is 7.80. The van der Waals surface area contributed by atoms with E-state index >= 15 is 0 Å². The fourth-order valence-electron chi connectivity index (χ4n) is 2.97. The summed E-state index contributed by atoms with van der Waals surface area (Å²) in [7, 11) is 0. The minimum Gasteiger partial charge on any atom is -0.461 e. The topological polar surface area (TPSA) is 87.0 Å². The average molecular weight is 360 g/mol. The average Bonchev–Trinajstić information content (AvgIpc) is 3.01. The number of ether oxygens (including phenoxy) is 1. The van der Waals surface area contributed by atoms with E-state index in [0.29, 0.717) is 24.0 Å². The largest absolute Gasteiger partial charge is 0.461 e. The first-order valence-electron chi connectivity index (χ1n) is 8.22. The molecule has 0 atom stereocenters. The van der Waals surface area contributed by atoms with Crippen LogP contribution < -0.4 is 11.3 Å². The molecule has 0 aliphatic carbocycles. The van der Waals surface area contributed by atoms with Gasteiger partial charge in [-0.1, -0.05) is 17.7 Å². The Labute approximate surface area is 151 Å². The number of aromatic nitrogens is 2. The van der Waals surface area contributed by atoms with Crippen LogP contribution >= 0.6 is 12.2 Å². The Morgan fingerprint density at radius 2 is 2.12 bits per heavy atom. The van der Waals surface area contributed by atoms with Gasteiger partial charge in [-0.3, -0.25) is 5.84 Å². The molecule has 0 spiro atoms. The zero-order chi connectivity index (χ0) is 18.0. The van der Waals surface area contributed by atoms with E-state index in [4.69, 9.17) is 17.0 Å². The molecule has 1 aromatic carbocycles. The van der Waals surface area contributed by atoms with Gasteiger partial charge in [0.15, 0.2) is 5.69 Å². The molecule has 1 aromatic heterocycles. The smallest absolute Gasteiger partial charge is 0.359 e. The van der Waals surface area contributed by atoms with Crippen molar-refractivity contribution >= 4 is 23.3 Å². The molecule has 0 saturated heterocycles. The molecule has 0 bridgehead atoms. The third kappa shape index (κ3) is 3.35. The molecule has 8 heteroatoms. The van der Waals surface area contributed by atoms with Gasteiger partial charge in [-0.05, 0) is 38.2 Å². The van der Waals surface area contributed by atoms with E-state index in [-0.39, 0.29) is 0 Å². The van der Waals surface area contributed by atoms with E-state index in [1.54, 1.807) is 6.92 Å². The van der Waals surface area contributed by atoms with E-state index in [1.807, 2.05) is 40.8 Å². The van der Waals surface area contributed by atoms with E-state index in [2.05, 4.69) is 16.4 Å². The normalized spacial score (nSPS) is 13.3. The molecular formula is C17H22N5O2S+. The maximum Gasteiger partial charge on any atom is 0.359 e. The molecule has 0 fully saturated rings. The first-order valence-corrected chi connectivity index (χ1v) is 8.63. The molecular weight excluding hydrogens is 338 g/mol. The van der Waals surface area contributed by atoms with Crippen molar-refractivity contribution in [3.8, 4) is 5.69 Å². The molecule has 2 heterocycles. The molecule has 0 unspecified atom stereocenters. The molecule has 2 aromatic rings. The first-order chi connectivity index (χ1) is 12.0. The third-order valence-corrected chi connectivity index (χ3v) is 4.65. The van der Waals surface area contributed by atoms with Gasteiger partial charge in [-0.25, -0.2) is 14.9 Å². The fraction of sp³-hybridized carbons (Fsp3) is 0.353. The lowest BCUT2D eigenvalue weighted by atomic mass is 10.1. The Morgan fingerprint density at radius 1 is 1.40 bits per heavy atom. The minimum absolute atomic E-state index is 0.313. The minimum atomic E-state index is -0.403. The number of carbonyl (C=O) groups excluding carboxylic acids is 1. The Kier molecular flexibility index (Phi) is 5.00. The van der Waals surface area contributed by atoms with Crippen molar-refractivity contribution in [1.29, 1.82) is 0 Å². The number of carbonyl (C=O) groups is 1. The number of nitrogens with zero attached hydrogens (tertiary/aromatic N) is 3. The molecule has 1 aliphatic rings.